The van der Waals surface area contributed by atoms with Gasteiger partial charge in [0.15, 0.2) is 5.82 Å². The second kappa shape index (κ2) is 7.53. The molecule has 3 aromatic rings. The number of aromatic nitrogens is 4. The Balaban J connectivity index is 1.80. The Labute approximate surface area is 161 Å². The monoisotopic (exact) mass is 415 g/mol. The quantitative estimate of drug-likeness (QED) is 0.668. The van der Waals surface area contributed by atoms with Gasteiger partial charge in [-0.3, -0.25) is 4.79 Å². The first-order valence-electron chi connectivity index (χ1n) is 8.59. The van der Waals surface area contributed by atoms with Gasteiger partial charge in [0.05, 0.1) is 12.0 Å². The summed E-state index contributed by atoms with van der Waals surface area (Å²) >= 11 is 3.52. The van der Waals surface area contributed by atoms with Crippen molar-refractivity contribution >= 4 is 27.6 Å². The van der Waals surface area contributed by atoms with Crippen molar-refractivity contribution < 1.29 is 4.79 Å². The second-order valence-corrected chi connectivity index (χ2v) is 7.97. The smallest absolute Gasteiger partial charge is 0.252 e. The molecule has 1 N–H and O–H groups in total. The number of halogens is 1. The van der Waals surface area contributed by atoms with E-state index in [-0.39, 0.29) is 12.3 Å². The van der Waals surface area contributed by atoms with Gasteiger partial charge in [-0.05, 0) is 43.0 Å². The zero-order valence-electron chi connectivity index (χ0n) is 15.1. The van der Waals surface area contributed by atoms with E-state index in [9.17, 15) is 4.79 Å². The Kier molecular flexibility index (Phi) is 5.36. The molecule has 136 valence electrons. The number of hydrogen-bond acceptors (Lipinski definition) is 4. The highest BCUT2D eigenvalue weighted by atomic mass is 79.9. The normalized spacial score (nSPS) is 13.7. The van der Waals surface area contributed by atoms with Crippen molar-refractivity contribution in [1.29, 1.82) is 0 Å². The predicted molar refractivity (Wildman–Crippen MR) is 104 cm³/mol. The molecule has 0 aliphatic rings. The molecule has 0 aliphatic carbocycles. The molecule has 0 spiro atoms. The van der Waals surface area contributed by atoms with Crippen molar-refractivity contribution in [2.24, 2.45) is 5.92 Å². The van der Waals surface area contributed by atoms with Crippen LogP contribution in [0.2, 0.25) is 0 Å². The summed E-state index contributed by atoms with van der Waals surface area (Å²) in [6.45, 7) is 6.36. The molecule has 0 saturated heterocycles. The first-order valence-corrected chi connectivity index (χ1v) is 9.38. The van der Waals surface area contributed by atoms with E-state index in [2.05, 4.69) is 63.2 Å². The number of hydrogen-bond donors (Lipinski definition) is 1. The fourth-order valence-corrected chi connectivity index (χ4v) is 3.63. The van der Waals surface area contributed by atoms with Gasteiger partial charge in [-0.25, -0.2) is 9.50 Å². The van der Waals surface area contributed by atoms with Gasteiger partial charge < -0.3 is 5.32 Å². The lowest BCUT2D eigenvalue weighted by atomic mass is 9.84. The highest BCUT2D eigenvalue weighted by molar-refractivity contribution is 9.10. The van der Waals surface area contributed by atoms with Crippen LogP contribution >= 0.6 is 15.9 Å². The number of carbonyl (C=O) groups excluding carboxylic acids is 1. The Morgan fingerprint density at radius 1 is 1.35 bits per heavy atom. The maximum Gasteiger partial charge on any atom is 0.252 e. The van der Waals surface area contributed by atoms with Gasteiger partial charge >= 0.3 is 0 Å². The molecule has 0 bridgehead atoms. The van der Waals surface area contributed by atoms with Gasteiger partial charge in [-0.1, -0.05) is 41.9 Å². The van der Waals surface area contributed by atoms with Crippen LogP contribution in [-0.4, -0.2) is 25.5 Å². The van der Waals surface area contributed by atoms with Gasteiger partial charge in [0.1, 0.15) is 0 Å². The topological polar surface area (TPSA) is 72.2 Å². The molecule has 6 nitrogen and oxygen atoms in total. The summed E-state index contributed by atoms with van der Waals surface area (Å²) in [7, 11) is 0. The molecule has 1 aromatic carbocycles. The minimum atomic E-state index is -0.466. The zero-order valence-corrected chi connectivity index (χ0v) is 16.7. The van der Waals surface area contributed by atoms with E-state index in [1.54, 1.807) is 23.0 Å². The van der Waals surface area contributed by atoms with Gasteiger partial charge in [-0.2, -0.15) is 4.98 Å². The Morgan fingerprint density at radius 2 is 2.15 bits per heavy atom. The molecular weight excluding hydrogens is 394 g/mol. The molecule has 0 aliphatic heterocycles. The van der Waals surface area contributed by atoms with E-state index < -0.39 is 5.54 Å². The maximum atomic E-state index is 12.7. The van der Waals surface area contributed by atoms with E-state index in [1.165, 1.54) is 0 Å². The maximum absolute atomic E-state index is 12.7. The average Bonchev–Trinajstić information content (AvgIpc) is 2.95. The lowest BCUT2D eigenvalue weighted by Gasteiger charge is -2.33. The highest BCUT2D eigenvalue weighted by Gasteiger charge is 2.30. The summed E-state index contributed by atoms with van der Waals surface area (Å²) in [5.74, 6) is 1.27. The summed E-state index contributed by atoms with van der Waals surface area (Å²) in [5.41, 5.74) is 0.602. The third-order valence-electron chi connectivity index (χ3n) is 4.17. The number of benzene rings is 1. The van der Waals surface area contributed by atoms with Crippen LogP contribution < -0.4 is 5.32 Å². The molecule has 0 fully saturated rings. The fraction of sp³-hybridized carbons (Fsp3) is 0.368. The molecular formula is C19H22BrN5O. The Hall–Kier alpha value is -2.28. The van der Waals surface area contributed by atoms with Gasteiger partial charge in [0, 0.05) is 16.9 Å². The van der Waals surface area contributed by atoms with Crippen LogP contribution in [0.25, 0.3) is 5.78 Å². The van der Waals surface area contributed by atoms with E-state index in [1.807, 2.05) is 18.2 Å². The molecule has 1 amide bonds. The van der Waals surface area contributed by atoms with Crippen LogP contribution in [0.5, 0.6) is 0 Å². The third kappa shape index (κ3) is 4.27. The molecule has 2 aromatic heterocycles. The van der Waals surface area contributed by atoms with Crippen LogP contribution in [0.3, 0.4) is 0 Å². The van der Waals surface area contributed by atoms with Crippen LogP contribution in [0, 0.1) is 5.92 Å². The van der Waals surface area contributed by atoms with E-state index in [0.29, 0.717) is 17.5 Å². The Morgan fingerprint density at radius 3 is 2.85 bits per heavy atom. The first kappa shape index (κ1) is 18.5. The molecule has 7 heteroatoms. The summed E-state index contributed by atoms with van der Waals surface area (Å²) in [5, 5.41) is 7.50. The van der Waals surface area contributed by atoms with Crippen LogP contribution in [-0.2, 0) is 16.8 Å². The molecule has 0 radical (unpaired) electrons. The standard InChI is InChI=1S/C19H22BrN5O/c1-13(2)12-19(3,14-6-4-7-15(20)10-14)23-17(26)11-16-22-18-21-8-5-9-25(18)24-16/h4-10,13H,11-12H2,1-3H3,(H,23,26). The third-order valence-corrected chi connectivity index (χ3v) is 4.67. The second-order valence-electron chi connectivity index (χ2n) is 7.06. The largest absolute Gasteiger partial charge is 0.346 e. The lowest BCUT2D eigenvalue weighted by Crippen LogP contribution is -2.45. The Bertz CT molecular complexity index is 890. The minimum absolute atomic E-state index is 0.107. The number of amides is 1. The predicted octanol–water partition coefficient (Wildman–Crippen LogP) is 3.51. The van der Waals surface area contributed by atoms with Crippen molar-refractivity contribution in [3.8, 4) is 0 Å². The molecule has 26 heavy (non-hydrogen) atoms. The number of rotatable bonds is 6. The average molecular weight is 416 g/mol. The van der Waals surface area contributed by atoms with Crippen molar-refractivity contribution in [3.63, 3.8) is 0 Å². The summed E-state index contributed by atoms with van der Waals surface area (Å²) < 4.78 is 2.57. The van der Waals surface area contributed by atoms with Gasteiger partial charge in [0.2, 0.25) is 5.91 Å². The summed E-state index contributed by atoms with van der Waals surface area (Å²) in [6.07, 6.45) is 4.36. The highest BCUT2D eigenvalue weighted by Crippen LogP contribution is 2.30. The van der Waals surface area contributed by atoms with Crippen molar-refractivity contribution in [2.75, 3.05) is 0 Å². The number of fused-ring (bicyclic) bond motifs is 1. The minimum Gasteiger partial charge on any atom is -0.346 e. The lowest BCUT2D eigenvalue weighted by molar-refractivity contribution is -0.122. The number of nitrogens with one attached hydrogen (secondary N) is 1. The molecule has 3 rings (SSSR count). The molecule has 1 atom stereocenters. The molecule has 1 unspecified atom stereocenters. The zero-order chi connectivity index (χ0) is 18.7. The van der Waals surface area contributed by atoms with Crippen LogP contribution in [0.1, 0.15) is 38.6 Å². The van der Waals surface area contributed by atoms with Crippen molar-refractivity contribution in [1.82, 2.24) is 24.9 Å². The number of carbonyl (C=O) groups is 1. The summed E-state index contributed by atoms with van der Waals surface area (Å²) in [4.78, 5) is 21.1. The first-order chi connectivity index (χ1) is 12.4. The van der Waals surface area contributed by atoms with Crippen molar-refractivity contribution in [2.45, 2.75) is 39.2 Å². The van der Waals surface area contributed by atoms with Gasteiger partial charge in [-0.15, -0.1) is 5.10 Å². The van der Waals surface area contributed by atoms with Crippen LogP contribution in [0.4, 0.5) is 0 Å². The number of nitrogens with zero attached hydrogens (tertiary/aromatic N) is 4. The van der Waals surface area contributed by atoms with Crippen LogP contribution in [0.15, 0.2) is 47.2 Å². The molecule has 2 heterocycles. The van der Waals surface area contributed by atoms with Crippen molar-refractivity contribution in [3.05, 3.63) is 58.6 Å². The molecule has 0 saturated carbocycles. The van der Waals surface area contributed by atoms with E-state index in [4.69, 9.17) is 0 Å². The fourth-order valence-electron chi connectivity index (χ4n) is 3.24. The van der Waals surface area contributed by atoms with E-state index in [0.717, 1.165) is 16.5 Å². The van der Waals surface area contributed by atoms with E-state index >= 15 is 0 Å². The summed E-state index contributed by atoms with van der Waals surface area (Å²) in [6, 6.07) is 9.84. The SMILES string of the molecule is CC(C)CC(C)(NC(=O)Cc1nc2ncccn2n1)c1cccc(Br)c1. The van der Waals surface area contributed by atoms with Gasteiger partial charge in [0.25, 0.3) is 5.78 Å².